The Morgan fingerprint density at radius 2 is 2.00 bits per heavy atom. The third-order valence-corrected chi connectivity index (χ3v) is 3.22. The smallest absolute Gasteiger partial charge is 0.298 e. The summed E-state index contributed by atoms with van der Waals surface area (Å²) in [4.78, 5) is 4.32. The van der Waals surface area contributed by atoms with E-state index in [0.717, 1.165) is 11.4 Å². The summed E-state index contributed by atoms with van der Waals surface area (Å²) in [5.74, 6) is 2.27. The molecule has 0 atom stereocenters. The van der Waals surface area contributed by atoms with Gasteiger partial charge in [-0.15, -0.1) is 10.2 Å². The average molecular weight is 288 g/mol. The molecule has 0 saturated carbocycles. The van der Waals surface area contributed by atoms with Crippen LogP contribution in [0.4, 0.5) is 0 Å². The lowest BCUT2D eigenvalue weighted by Gasteiger charge is -2.01. The standard InChI is InChI=1S/C13H12N4O2S/c1-8(2)11-15-13(20-17-11)19-10-5-3-9(4-6-10)12-16-14-7-18-12/h3-8H,1-2H3. The second-order valence-electron chi connectivity index (χ2n) is 4.44. The number of benzene rings is 1. The van der Waals surface area contributed by atoms with Crippen LogP contribution in [0.25, 0.3) is 11.5 Å². The monoisotopic (exact) mass is 288 g/mol. The number of hydrogen-bond donors (Lipinski definition) is 0. The topological polar surface area (TPSA) is 73.9 Å². The fourth-order valence-electron chi connectivity index (χ4n) is 1.56. The Morgan fingerprint density at radius 1 is 1.20 bits per heavy atom. The van der Waals surface area contributed by atoms with E-state index in [9.17, 15) is 0 Å². The maximum atomic E-state index is 5.66. The highest BCUT2D eigenvalue weighted by atomic mass is 32.1. The van der Waals surface area contributed by atoms with Crippen LogP contribution >= 0.6 is 11.5 Å². The molecule has 0 aliphatic carbocycles. The molecule has 0 amide bonds. The Morgan fingerprint density at radius 3 is 2.60 bits per heavy atom. The van der Waals surface area contributed by atoms with Crippen molar-refractivity contribution in [1.82, 2.24) is 19.6 Å². The second kappa shape index (κ2) is 5.38. The lowest BCUT2D eigenvalue weighted by Crippen LogP contribution is -1.90. The van der Waals surface area contributed by atoms with Crippen LogP contribution in [0.5, 0.6) is 10.9 Å². The highest BCUT2D eigenvalue weighted by Crippen LogP contribution is 2.27. The van der Waals surface area contributed by atoms with Crippen LogP contribution in [0.3, 0.4) is 0 Å². The molecular formula is C13H12N4O2S. The first-order valence-electron chi connectivity index (χ1n) is 6.10. The third kappa shape index (κ3) is 2.67. The molecule has 0 fully saturated rings. The molecule has 3 aromatic rings. The molecule has 0 aliphatic heterocycles. The number of nitrogens with zero attached hydrogens (tertiary/aromatic N) is 4. The molecule has 0 radical (unpaired) electrons. The fraction of sp³-hybridized carbons (Fsp3) is 0.231. The minimum atomic E-state index is 0.295. The summed E-state index contributed by atoms with van der Waals surface area (Å²) >= 11 is 1.25. The fourth-order valence-corrected chi connectivity index (χ4v) is 2.25. The lowest BCUT2D eigenvalue weighted by atomic mass is 10.2. The van der Waals surface area contributed by atoms with E-state index in [-0.39, 0.29) is 0 Å². The highest BCUT2D eigenvalue weighted by molar-refractivity contribution is 7.07. The van der Waals surface area contributed by atoms with Crippen molar-refractivity contribution in [2.75, 3.05) is 0 Å². The summed E-state index contributed by atoms with van der Waals surface area (Å²) in [5.41, 5.74) is 0.843. The van der Waals surface area contributed by atoms with E-state index < -0.39 is 0 Å². The number of aromatic nitrogens is 4. The van der Waals surface area contributed by atoms with Crippen molar-refractivity contribution < 1.29 is 9.15 Å². The number of ether oxygens (including phenoxy) is 1. The molecule has 2 heterocycles. The normalized spacial score (nSPS) is 10.9. The molecule has 1 aromatic carbocycles. The van der Waals surface area contributed by atoms with Crippen LogP contribution in [-0.4, -0.2) is 19.6 Å². The minimum absolute atomic E-state index is 0.295. The molecule has 2 aromatic heterocycles. The summed E-state index contributed by atoms with van der Waals surface area (Å²) in [6, 6.07) is 7.37. The lowest BCUT2D eigenvalue weighted by molar-refractivity contribution is 0.476. The van der Waals surface area contributed by atoms with Gasteiger partial charge in [0, 0.05) is 23.0 Å². The second-order valence-corrected chi connectivity index (χ2v) is 5.16. The molecule has 0 N–H and O–H groups in total. The third-order valence-electron chi connectivity index (χ3n) is 2.61. The van der Waals surface area contributed by atoms with Gasteiger partial charge in [0.2, 0.25) is 12.3 Å². The Kier molecular flexibility index (Phi) is 3.42. The van der Waals surface area contributed by atoms with Gasteiger partial charge in [0.15, 0.2) is 0 Å². The molecule has 0 unspecified atom stereocenters. The van der Waals surface area contributed by atoms with Gasteiger partial charge >= 0.3 is 0 Å². The average Bonchev–Trinajstić information content (AvgIpc) is 3.10. The number of hydrogen-bond acceptors (Lipinski definition) is 7. The zero-order chi connectivity index (χ0) is 13.9. The largest absolute Gasteiger partial charge is 0.430 e. The van der Waals surface area contributed by atoms with Crippen molar-refractivity contribution in [1.29, 1.82) is 0 Å². The van der Waals surface area contributed by atoms with Crippen molar-refractivity contribution in [2.24, 2.45) is 0 Å². The molecule has 20 heavy (non-hydrogen) atoms. The van der Waals surface area contributed by atoms with Gasteiger partial charge in [-0.2, -0.15) is 9.36 Å². The van der Waals surface area contributed by atoms with E-state index >= 15 is 0 Å². The Balaban J connectivity index is 1.74. The Hall–Kier alpha value is -2.28. The predicted molar refractivity (Wildman–Crippen MR) is 73.8 cm³/mol. The molecule has 0 aliphatic rings. The van der Waals surface area contributed by atoms with Crippen LogP contribution in [0.15, 0.2) is 35.1 Å². The van der Waals surface area contributed by atoms with Gasteiger partial charge in [-0.1, -0.05) is 13.8 Å². The van der Waals surface area contributed by atoms with Gasteiger partial charge in [0.1, 0.15) is 11.6 Å². The minimum Gasteiger partial charge on any atom is -0.430 e. The summed E-state index contributed by atoms with van der Waals surface area (Å²) in [5, 5.41) is 8.03. The van der Waals surface area contributed by atoms with E-state index in [1.807, 2.05) is 38.1 Å². The summed E-state index contributed by atoms with van der Waals surface area (Å²) < 4.78 is 15.0. The molecular weight excluding hydrogens is 276 g/mol. The van der Waals surface area contributed by atoms with Crippen LogP contribution in [-0.2, 0) is 0 Å². The van der Waals surface area contributed by atoms with Gasteiger partial charge in [-0.05, 0) is 24.3 Å². The van der Waals surface area contributed by atoms with E-state index in [1.54, 1.807) is 0 Å². The predicted octanol–water partition coefficient (Wildman–Crippen LogP) is 3.50. The van der Waals surface area contributed by atoms with Crippen molar-refractivity contribution in [3.63, 3.8) is 0 Å². The van der Waals surface area contributed by atoms with Gasteiger partial charge in [-0.3, -0.25) is 0 Å². The van der Waals surface area contributed by atoms with Crippen molar-refractivity contribution in [3.8, 4) is 22.4 Å². The summed E-state index contributed by atoms with van der Waals surface area (Å²) in [7, 11) is 0. The first-order chi connectivity index (χ1) is 9.72. The van der Waals surface area contributed by atoms with Gasteiger partial charge < -0.3 is 9.15 Å². The maximum absolute atomic E-state index is 5.66. The SMILES string of the molecule is CC(C)c1nsc(Oc2ccc(-c3nnco3)cc2)n1. The number of rotatable bonds is 4. The molecule has 7 heteroatoms. The zero-order valence-electron chi connectivity index (χ0n) is 11.0. The van der Waals surface area contributed by atoms with E-state index in [0.29, 0.717) is 22.8 Å². The van der Waals surface area contributed by atoms with Crippen molar-refractivity contribution >= 4 is 11.5 Å². The molecule has 102 valence electrons. The molecule has 0 spiro atoms. The van der Waals surface area contributed by atoms with Gasteiger partial charge in [0.05, 0.1) is 0 Å². The molecule has 6 nitrogen and oxygen atoms in total. The zero-order valence-corrected chi connectivity index (χ0v) is 11.8. The first-order valence-corrected chi connectivity index (χ1v) is 6.88. The molecule has 0 bridgehead atoms. The van der Waals surface area contributed by atoms with E-state index in [1.165, 1.54) is 17.9 Å². The Labute approximate surface area is 119 Å². The molecule has 3 rings (SSSR count). The van der Waals surface area contributed by atoms with Crippen LogP contribution in [0.1, 0.15) is 25.6 Å². The Bertz CT molecular complexity index is 677. The van der Waals surface area contributed by atoms with E-state index in [4.69, 9.17) is 9.15 Å². The van der Waals surface area contributed by atoms with Crippen LogP contribution < -0.4 is 4.74 Å². The van der Waals surface area contributed by atoms with Crippen LogP contribution in [0.2, 0.25) is 0 Å². The quantitative estimate of drug-likeness (QED) is 0.731. The van der Waals surface area contributed by atoms with Crippen molar-refractivity contribution in [2.45, 2.75) is 19.8 Å². The van der Waals surface area contributed by atoms with Gasteiger partial charge in [-0.25, -0.2) is 0 Å². The van der Waals surface area contributed by atoms with Crippen molar-refractivity contribution in [3.05, 3.63) is 36.5 Å². The van der Waals surface area contributed by atoms with Gasteiger partial charge in [0.25, 0.3) is 5.19 Å². The highest BCUT2D eigenvalue weighted by Gasteiger charge is 2.10. The van der Waals surface area contributed by atoms with Crippen LogP contribution in [0, 0.1) is 0 Å². The summed E-state index contributed by atoms with van der Waals surface area (Å²) in [6.45, 7) is 4.09. The summed E-state index contributed by atoms with van der Waals surface area (Å²) in [6.07, 6.45) is 1.30. The maximum Gasteiger partial charge on any atom is 0.298 e. The first kappa shape index (κ1) is 12.7. The molecule has 0 saturated heterocycles. The van der Waals surface area contributed by atoms with E-state index in [2.05, 4.69) is 19.6 Å².